The molecular weight excluding hydrogens is 366 g/mol. The van der Waals surface area contributed by atoms with Gasteiger partial charge in [-0.25, -0.2) is 0 Å². The molecule has 6 heteroatoms. The molecule has 154 valence electrons. The van der Waals surface area contributed by atoms with Crippen molar-refractivity contribution in [2.24, 2.45) is 11.7 Å². The molecule has 1 aliphatic heterocycles. The summed E-state index contributed by atoms with van der Waals surface area (Å²) in [5.74, 6) is 0.776. The molecule has 29 heavy (non-hydrogen) atoms. The Morgan fingerprint density at radius 3 is 2.48 bits per heavy atom. The summed E-state index contributed by atoms with van der Waals surface area (Å²) in [7, 11) is 0. The van der Waals surface area contributed by atoms with Gasteiger partial charge >= 0.3 is 0 Å². The monoisotopic (exact) mass is 395 g/mol. The highest BCUT2D eigenvalue weighted by Crippen LogP contribution is 2.18. The van der Waals surface area contributed by atoms with Crippen molar-refractivity contribution in [2.75, 3.05) is 19.6 Å². The molecule has 0 saturated carbocycles. The number of nitrogens with two attached hydrogens (primary N) is 1. The molecule has 2 aromatic carbocycles. The minimum atomic E-state index is -0.497. The molecule has 3 rings (SSSR count). The van der Waals surface area contributed by atoms with Crippen LogP contribution in [0.15, 0.2) is 54.6 Å². The van der Waals surface area contributed by atoms with Gasteiger partial charge in [-0.2, -0.15) is 0 Å². The average Bonchev–Trinajstić information content (AvgIpc) is 3.25. The Labute approximate surface area is 172 Å². The summed E-state index contributed by atoms with van der Waals surface area (Å²) in [6, 6.07) is 17.6. The maximum Gasteiger partial charge on any atom is 0.237 e. The highest BCUT2D eigenvalue weighted by molar-refractivity contribution is 5.83. The van der Waals surface area contributed by atoms with E-state index in [-0.39, 0.29) is 12.5 Å². The van der Waals surface area contributed by atoms with Gasteiger partial charge in [0.05, 0.1) is 6.54 Å². The molecular formula is C23H29N3O3. The number of hydrogen-bond acceptors (Lipinski definition) is 4. The van der Waals surface area contributed by atoms with Gasteiger partial charge in [0.1, 0.15) is 12.4 Å². The van der Waals surface area contributed by atoms with Crippen molar-refractivity contribution in [1.29, 1.82) is 0 Å². The number of benzene rings is 2. The van der Waals surface area contributed by atoms with Gasteiger partial charge in [-0.3, -0.25) is 9.59 Å². The molecule has 3 N–H and O–H groups in total. The van der Waals surface area contributed by atoms with Gasteiger partial charge in [-0.05, 0) is 55.1 Å². The van der Waals surface area contributed by atoms with Crippen LogP contribution in [0.2, 0.25) is 0 Å². The first-order valence-corrected chi connectivity index (χ1v) is 10.1. The molecule has 6 nitrogen and oxygen atoms in total. The van der Waals surface area contributed by atoms with E-state index in [4.69, 9.17) is 10.5 Å². The van der Waals surface area contributed by atoms with E-state index in [0.29, 0.717) is 25.5 Å². The van der Waals surface area contributed by atoms with Gasteiger partial charge in [0.15, 0.2) is 0 Å². The summed E-state index contributed by atoms with van der Waals surface area (Å²) in [6.07, 6.45) is 2.39. The van der Waals surface area contributed by atoms with Crippen LogP contribution in [0.25, 0.3) is 0 Å². The molecule has 1 unspecified atom stereocenters. The molecule has 0 aliphatic carbocycles. The van der Waals surface area contributed by atoms with Crippen LogP contribution in [-0.4, -0.2) is 36.3 Å². The van der Waals surface area contributed by atoms with E-state index in [1.807, 2.05) is 54.6 Å². The fourth-order valence-electron chi connectivity index (χ4n) is 3.52. The quantitative estimate of drug-likeness (QED) is 0.647. The molecule has 0 aromatic heterocycles. The van der Waals surface area contributed by atoms with Gasteiger partial charge in [-0.15, -0.1) is 0 Å². The fraction of sp³-hybridized carbons (Fsp3) is 0.391. The minimum absolute atomic E-state index is 0.0277. The Morgan fingerprint density at radius 1 is 1.07 bits per heavy atom. The number of primary amides is 1. The highest BCUT2D eigenvalue weighted by atomic mass is 16.5. The first-order valence-electron chi connectivity index (χ1n) is 10.1. The summed E-state index contributed by atoms with van der Waals surface area (Å²) >= 11 is 0. The van der Waals surface area contributed by atoms with Crippen LogP contribution in [0.3, 0.4) is 0 Å². The van der Waals surface area contributed by atoms with Crippen LogP contribution >= 0.6 is 0 Å². The van der Waals surface area contributed by atoms with E-state index in [2.05, 4.69) is 5.32 Å². The van der Waals surface area contributed by atoms with Crippen LogP contribution in [0, 0.1) is 5.92 Å². The second kappa shape index (κ2) is 10.6. The van der Waals surface area contributed by atoms with Crippen molar-refractivity contribution < 1.29 is 14.3 Å². The van der Waals surface area contributed by atoms with E-state index in [1.165, 1.54) is 0 Å². The number of amides is 2. The minimum Gasteiger partial charge on any atom is -0.489 e. The van der Waals surface area contributed by atoms with Crippen molar-refractivity contribution in [3.63, 3.8) is 0 Å². The fourth-order valence-corrected chi connectivity index (χ4v) is 3.52. The van der Waals surface area contributed by atoms with Crippen LogP contribution < -0.4 is 15.8 Å². The lowest BCUT2D eigenvalue weighted by molar-refractivity contribution is -0.136. The Kier molecular flexibility index (Phi) is 7.64. The summed E-state index contributed by atoms with van der Waals surface area (Å²) in [5.41, 5.74) is 7.40. The lowest BCUT2D eigenvalue weighted by Crippen LogP contribution is -2.38. The average molecular weight is 396 g/mol. The number of hydrogen-bond donors (Lipinski definition) is 2. The molecule has 1 aliphatic rings. The van der Waals surface area contributed by atoms with Crippen molar-refractivity contribution >= 4 is 11.8 Å². The van der Waals surface area contributed by atoms with Gasteiger partial charge in [0.2, 0.25) is 11.8 Å². The van der Waals surface area contributed by atoms with Crippen molar-refractivity contribution in [3.8, 4) is 5.75 Å². The molecule has 2 amide bonds. The van der Waals surface area contributed by atoms with Crippen LogP contribution in [0.5, 0.6) is 5.75 Å². The first-order chi connectivity index (χ1) is 14.1. The van der Waals surface area contributed by atoms with Gasteiger partial charge in [0, 0.05) is 13.0 Å². The molecule has 0 bridgehead atoms. The summed E-state index contributed by atoms with van der Waals surface area (Å²) in [5, 5.41) is 3.31. The number of nitrogens with one attached hydrogen (secondary N) is 1. The molecule has 0 spiro atoms. The van der Waals surface area contributed by atoms with Gasteiger partial charge < -0.3 is 20.7 Å². The van der Waals surface area contributed by atoms with Crippen molar-refractivity contribution in [1.82, 2.24) is 10.2 Å². The van der Waals surface area contributed by atoms with Gasteiger partial charge in [0.25, 0.3) is 0 Å². The third-order valence-corrected chi connectivity index (χ3v) is 5.17. The lowest BCUT2D eigenvalue weighted by atomic mass is 10.0. The normalized spacial score (nSPS) is 15.8. The summed E-state index contributed by atoms with van der Waals surface area (Å²) < 4.78 is 5.80. The molecule has 2 aromatic rings. The topological polar surface area (TPSA) is 84.7 Å². The zero-order chi connectivity index (χ0) is 20.5. The van der Waals surface area contributed by atoms with E-state index in [9.17, 15) is 9.59 Å². The highest BCUT2D eigenvalue weighted by Gasteiger charge is 2.20. The van der Waals surface area contributed by atoms with Gasteiger partial charge in [-0.1, -0.05) is 42.5 Å². The number of rotatable bonds is 10. The summed E-state index contributed by atoms with van der Waals surface area (Å²) in [4.78, 5) is 25.6. The van der Waals surface area contributed by atoms with Crippen LogP contribution in [0.1, 0.15) is 30.4 Å². The van der Waals surface area contributed by atoms with Crippen molar-refractivity contribution in [2.45, 2.75) is 32.4 Å². The Balaban J connectivity index is 1.53. The van der Waals surface area contributed by atoms with Crippen LogP contribution in [-0.2, 0) is 22.7 Å². The Morgan fingerprint density at radius 2 is 1.83 bits per heavy atom. The molecule has 1 atom stereocenters. The predicted octanol–water partition coefficient (Wildman–Crippen LogP) is 2.47. The molecule has 1 fully saturated rings. The smallest absolute Gasteiger partial charge is 0.237 e. The third-order valence-electron chi connectivity index (χ3n) is 5.17. The first kappa shape index (κ1) is 20.9. The predicted molar refractivity (Wildman–Crippen MR) is 112 cm³/mol. The largest absolute Gasteiger partial charge is 0.489 e. The number of nitrogens with zero attached hydrogens (tertiary/aromatic N) is 1. The zero-order valence-electron chi connectivity index (χ0n) is 16.7. The standard InChI is InChI=1S/C23H29N3O3/c24-22(27)16-26(23(28)11-8-18-12-13-25-14-18)15-19-6-9-21(10-7-19)29-17-20-4-2-1-3-5-20/h1-7,9-10,18,25H,8,11-17H2,(H2,24,27). The third kappa shape index (κ3) is 6.91. The summed E-state index contributed by atoms with van der Waals surface area (Å²) in [6.45, 7) is 2.79. The van der Waals surface area contributed by atoms with Crippen molar-refractivity contribution in [3.05, 3.63) is 65.7 Å². The number of carbonyl (C=O) groups excluding carboxylic acids is 2. The van der Waals surface area contributed by atoms with E-state index in [1.54, 1.807) is 4.90 Å². The maximum atomic E-state index is 12.6. The lowest BCUT2D eigenvalue weighted by Gasteiger charge is -2.22. The Bertz CT molecular complexity index is 787. The molecule has 1 heterocycles. The molecule has 0 radical (unpaired) electrons. The van der Waals surface area contributed by atoms with E-state index < -0.39 is 5.91 Å². The SMILES string of the molecule is NC(=O)CN(Cc1ccc(OCc2ccccc2)cc1)C(=O)CCC1CCNC1. The number of carbonyl (C=O) groups is 2. The molecule has 1 saturated heterocycles. The van der Waals surface area contributed by atoms with Crippen LogP contribution in [0.4, 0.5) is 0 Å². The second-order valence-corrected chi connectivity index (χ2v) is 7.53. The number of ether oxygens (including phenoxy) is 1. The zero-order valence-corrected chi connectivity index (χ0v) is 16.7. The maximum absolute atomic E-state index is 12.6. The Hall–Kier alpha value is -2.86. The van der Waals surface area contributed by atoms with E-state index in [0.717, 1.165) is 42.8 Å². The van der Waals surface area contributed by atoms with E-state index >= 15 is 0 Å². The second-order valence-electron chi connectivity index (χ2n) is 7.53.